The van der Waals surface area contributed by atoms with Crippen molar-refractivity contribution in [1.29, 1.82) is 0 Å². The molecule has 88 valence electrons. The van der Waals surface area contributed by atoms with Crippen LogP contribution in [0.25, 0.3) is 0 Å². The molecule has 3 unspecified atom stereocenters. The summed E-state index contributed by atoms with van der Waals surface area (Å²) in [5.74, 6) is 0.774. The van der Waals surface area contributed by atoms with Gasteiger partial charge in [-0.2, -0.15) is 0 Å². The molecule has 16 heavy (non-hydrogen) atoms. The van der Waals surface area contributed by atoms with Gasteiger partial charge in [0.05, 0.1) is 24.2 Å². The van der Waals surface area contributed by atoms with Crippen LogP contribution in [0.2, 0.25) is 0 Å². The Bertz CT molecular complexity index is 370. The van der Waals surface area contributed by atoms with E-state index in [4.69, 9.17) is 10.5 Å². The molecule has 0 amide bonds. The van der Waals surface area contributed by atoms with E-state index in [2.05, 4.69) is 9.55 Å². The molecule has 0 bridgehead atoms. The van der Waals surface area contributed by atoms with Crippen molar-refractivity contribution in [2.24, 2.45) is 11.7 Å². The summed E-state index contributed by atoms with van der Waals surface area (Å²) in [6, 6.07) is 0.499. The number of nitrogens with two attached hydrogens (primary N) is 1. The fourth-order valence-corrected chi connectivity index (χ4v) is 2.72. The fraction of sp³-hybridized carbons (Fsp3) is 0.750. The fourth-order valence-electron chi connectivity index (χ4n) is 2.72. The van der Waals surface area contributed by atoms with E-state index in [1.807, 2.05) is 19.4 Å². The lowest BCUT2D eigenvalue weighted by Crippen LogP contribution is -2.24. The Hall–Kier alpha value is -0.870. The number of hydrogen-bond donors (Lipinski definition) is 1. The van der Waals surface area contributed by atoms with Crippen molar-refractivity contribution in [3.8, 4) is 0 Å². The van der Waals surface area contributed by atoms with Gasteiger partial charge in [0.25, 0.3) is 0 Å². The number of aromatic nitrogens is 2. The summed E-state index contributed by atoms with van der Waals surface area (Å²) in [5.41, 5.74) is 7.09. The Kier molecular flexibility index (Phi) is 2.48. The van der Waals surface area contributed by atoms with Crippen LogP contribution in [0.15, 0.2) is 12.5 Å². The van der Waals surface area contributed by atoms with Gasteiger partial charge in [-0.15, -0.1) is 0 Å². The Balaban J connectivity index is 1.87. The monoisotopic (exact) mass is 221 g/mol. The summed E-state index contributed by atoms with van der Waals surface area (Å²) in [6.07, 6.45) is 7.93. The average molecular weight is 221 g/mol. The van der Waals surface area contributed by atoms with Crippen LogP contribution in [0.3, 0.4) is 0 Å². The van der Waals surface area contributed by atoms with Gasteiger partial charge >= 0.3 is 0 Å². The van der Waals surface area contributed by atoms with E-state index < -0.39 is 0 Å². The number of hydrogen-bond acceptors (Lipinski definition) is 3. The van der Waals surface area contributed by atoms with Gasteiger partial charge in [-0.3, -0.25) is 0 Å². The largest absolute Gasteiger partial charge is 0.376 e. The van der Waals surface area contributed by atoms with Gasteiger partial charge in [0, 0.05) is 18.8 Å². The molecule has 3 atom stereocenters. The van der Waals surface area contributed by atoms with E-state index in [0.29, 0.717) is 12.1 Å². The van der Waals surface area contributed by atoms with Crippen LogP contribution >= 0.6 is 0 Å². The minimum absolute atomic E-state index is 0.0444. The van der Waals surface area contributed by atoms with Crippen LogP contribution < -0.4 is 5.73 Å². The molecule has 2 aliphatic rings. The Morgan fingerprint density at radius 1 is 1.50 bits per heavy atom. The van der Waals surface area contributed by atoms with Crippen LogP contribution in [-0.4, -0.2) is 22.3 Å². The molecule has 2 heterocycles. The lowest BCUT2D eigenvalue weighted by Gasteiger charge is -2.22. The van der Waals surface area contributed by atoms with Crippen molar-refractivity contribution in [3.63, 3.8) is 0 Å². The quantitative estimate of drug-likeness (QED) is 0.844. The van der Waals surface area contributed by atoms with Crippen molar-refractivity contribution in [2.45, 2.75) is 44.4 Å². The molecule has 0 spiro atoms. The van der Waals surface area contributed by atoms with Gasteiger partial charge in [-0.05, 0) is 32.1 Å². The second-order valence-corrected chi connectivity index (χ2v) is 5.04. The zero-order chi connectivity index (χ0) is 11.1. The van der Waals surface area contributed by atoms with Crippen molar-refractivity contribution in [2.75, 3.05) is 6.61 Å². The minimum atomic E-state index is 0.0444. The number of ether oxygens (including phenoxy) is 1. The highest BCUT2D eigenvalue weighted by molar-refractivity contribution is 5.07. The smallest absolute Gasteiger partial charge is 0.0952 e. The topological polar surface area (TPSA) is 53.1 Å². The molecule has 2 N–H and O–H groups in total. The second kappa shape index (κ2) is 3.86. The van der Waals surface area contributed by atoms with E-state index in [9.17, 15) is 0 Å². The zero-order valence-corrected chi connectivity index (χ0v) is 9.67. The summed E-state index contributed by atoms with van der Waals surface area (Å²) in [4.78, 5) is 4.23. The highest BCUT2D eigenvalue weighted by Crippen LogP contribution is 2.43. The highest BCUT2D eigenvalue weighted by Gasteiger charge is 2.41. The number of rotatable bonds is 3. The predicted molar refractivity (Wildman–Crippen MR) is 60.9 cm³/mol. The van der Waals surface area contributed by atoms with Crippen LogP contribution in [0.4, 0.5) is 0 Å². The van der Waals surface area contributed by atoms with Gasteiger partial charge in [-0.1, -0.05) is 0 Å². The number of nitrogens with zero attached hydrogens (tertiary/aromatic N) is 2. The molecule has 1 aromatic rings. The maximum Gasteiger partial charge on any atom is 0.0952 e. The SMILES string of the molecule is CC(N)c1cncn1C1CCOC1C1CC1. The molecule has 0 aromatic carbocycles. The third-order valence-electron chi connectivity index (χ3n) is 3.71. The van der Waals surface area contributed by atoms with Crippen molar-refractivity contribution < 1.29 is 4.74 Å². The summed E-state index contributed by atoms with van der Waals surface area (Å²) in [5, 5.41) is 0. The second-order valence-electron chi connectivity index (χ2n) is 5.04. The predicted octanol–water partition coefficient (Wildman–Crippen LogP) is 1.64. The Labute approximate surface area is 95.8 Å². The van der Waals surface area contributed by atoms with E-state index in [1.54, 1.807) is 0 Å². The molecule has 1 aliphatic heterocycles. The molecule has 1 aliphatic carbocycles. The maximum atomic E-state index is 5.96. The standard InChI is InChI=1S/C12H19N3O/c1-8(13)11-6-14-7-15(11)10-4-5-16-12(10)9-2-3-9/h6-10,12H,2-5,13H2,1H3. The summed E-state index contributed by atoms with van der Waals surface area (Å²) >= 11 is 0. The van der Waals surface area contributed by atoms with Gasteiger partial charge in [0.15, 0.2) is 0 Å². The number of imidazole rings is 1. The molecule has 4 nitrogen and oxygen atoms in total. The Morgan fingerprint density at radius 3 is 3.00 bits per heavy atom. The normalized spacial score (nSPS) is 31.9. The maximum absolute atomic E-state index is 5.96. The molecule has 4 heteroatoms. The van der Waals surface area contributed by atoms with E-state index in [0.717, 1.165) is 24.6 Å². The van der Waals surface area contributed by atoms with E-state index >= 15 is 0 Å². The van der Waals surface area contributed by atoms with Crippen LogP contribution in [0, 0.1) is 5.92 Å². The van der Waals surface area contributed by atoms with E-state index in [-0.39, 0.29) is 6.04 Å². The van der Waals surface area contributed by atoms with Crippen LogP contribution in [0.5, 0.6) is 0 Å². The lowest BCUT2D eigenvalue weighted by atomic mass is 10.1. The summed E-state index contributed by atoms with van der Waals surface area (Å²) in [6.45, 7) is 2.89. The third-order valence-corrected chi connectivity index (χ3v) is 3.71. The molecular weight excluding hydrogens is 202 g/mol. The molecule has 0 radical (unpaired) electrons. The molecule has 3 rings (SSSR count). The van der Waals surface area contributed by atoms with Crippen LogP contribution in [0.1, 0.15) is 44.0 Å². The molecular formula is C12H19N3O. The summed E-state index contributed by atoms with van der Waals surface area (Å²) in [7, 11) is 0. The van der Waals surface area contributed by atoms with Crippen molar-refractivity contribution in [1.82, 2.24) is 9.55 Å². The molecule has 1 aromatic heterocycles. The van der Waals surface area contributed by atoms with Gasteiger partial charge in [0.1, 0.15) is 0 Å². The zero-order valence-electron chi connectivity index (χ0n) is 9.67. The van der Waals surface area contributed by atoms with Gasteiger partial charge in [0.2, 0.25) is 0 Å². The molecule has 1 saturated carbocycles. The van der Waals surface area contributed by atoms with E-state index in [1.165, 1.54) is 12.8 Å². The van der Waals surface area contributed by atoms with Crippen LogP contribution in [-0.2, 0) is 4.74 Å². The first-order chi connectivity index (χ1) is 7.77. The molecule has 2 fully saturated rings. The lowest BCUT2D eigenvalue weighted by molar-refractivity contribution is 0.0744. The van der Waals surface area contributed by atoms with Gasteiger partial charge < -0.3 is 15.0 Å². The average Bonchev–Trinajstić information content (AvgIpc) is 2.82. The summed E-state index contributed by atoms with van der Waals surface area (Å²) < 4.78 is 8.10. The Morgan fingerprint density at radius 2 is 2.31 bits per heavy atom. The third kappa shape index (κ3) is 1.66. The van der Waals surface area contributed by atoms with Crippen molar-refractivity contribution >= 4 is 0 Å². The first kappa shape index (κ1) is 10.3. The minimum Gasteiger partial charge on any atom is -0.376 e. The first-order valence-electron chi connectivity index (χ1n) is 6.16. The molecule has 1 saturated heterocycles. The first-order valence-corrected chi connectivity index (χ1v) is 6.16. The van der Waals surface area contributed by atoms with Crippen molar-refractivity contribution in [3.05, 3.63) is 18.2 Å². The highest BCUT2D eigenvalue weighted by atomic mass is 16.5. The van der Waals surface area contributed by atoms with Gasteiger partial charge in [-0.25, -0.2) is 4.98 Å².